The van der Waals surface area contributed by atoms with Gasteiger partial charge in [-0.15, -0.1) is 10.2 Å². The molecule has 0 aliphatic carbocycles. The summed E-state index contributed by atoms with van der Waals surface area (Å²) in [5, 5.41) is 12.9. The average Bonchev–Trinajstić information content (AvgIpc) is 2.93. The van der Waals surface area contributed by atoms with Crippen molar-refractivity contribution >= 4 is 34.0 Å². The fraction of sp³-hybridized carbons (Fsp3) is 0.231. The third-order valence-corrected chi connectivity index (χ3v) is 3.75. The number of amides is 2. The van der Waals surface area contributed by atoms with Crippen LogP contribution in [0.4, 0.5) is 10.8 Å². The van der Waals surface area contributed by atoms with Gasteiger partial charge in [0.25, 0.3) is 17.4 Å². The van der Waals surface area contributed by atoms with Crippen LogP contribution in [0.1, 0.15) is 12.5 Å². The molecule has 0 unspecified atom stereocenters. The zero-order valence-electron chi connectivity index (χ0n) is 11.3. The molecule has 0 bridgehead atoms. The van der Waals surface area contributed by atoms with E-state index in [1.54, 1.807) is 12.1 Å². The van der Waals surface area contributed by atoms with Gasteiger partial charge in [0.15, 0.2) is 0 Å². The van der Waals surface area contributed by atoms with Crippen molar-refractivity contribution in [1.29, 1.82) is 0 Å². The van der Waals surface area contributed by atoms with E-state index in [4.69, 9.17) is 4.74 Å². The number of benzene rings is 1. The number of fused-ring (bicyclic) bond motifs is 1. The van der Waals surface area contributed by atoms with Gasteiger partial charge < -0.3 is 10.1 Å². The van der Waals surface area contributed by atoms with Gasteiger partial charge in [-0.3, -0.25) is 14.9 Å². The summed E-state index contributed by atoms with van der Waals surface area (Å²) in [6, 6.07) is 5.36. The molecule has 0 saturated carbocycles. The Balaban J connectivity index is 1.89. The lowest BCUT2D eigenvalue weighted by molar-refractivity contribution is -0.143. The molecule has 21 heavy (non-hydrogen) atoms. The lowest BCUT2D eigenvalue weighted by Crippen LogP contribution is -2.56. The Kier molecular flexibility index (Phi) is 3.09. The van der Waals surface area contributed by atoms with Crippen molar-refractivity contribution in [1.82, 2.24) is 10.2 Å². The van der Waals surface area contributed by atoms with E-state index in [1.807, 2.05) is 13.0 Å². The third-order valence-electron chi connectivity index (χ3n) is 3.14. The van der Waals surface area contributed by atoms with Crippen LogP contribution in [0.15, 0.2) is 23.7 Å². The molecule has 2 amide bonds. The smallest absolute Gasteiger partial charge is 0.280 e. The molecular weight excluding hydrogens is 292 g/mol. The summed E-state index contributed by atoms with van der Waals surface area (Å²) < 4.78 is 5.63. The van der Waals surface area contributed by atoms with Gasteiger partial charge in [0.1, 0.15) is 11.3 Å². The van der Waals surface area contributed by atoms with E-state index in [2.05, 4.69) is 20.8 Å². The highest BCUT2D eigenvalue weighted by atomic mass is 32.1. The standard InChI is InChI=1S/C13H12N4O3S/c1-7-3-4-9-8(5-7)15-10(18)13(2,20-9)11(19)16-12-17-14-6-21-12/h3-6H,1-2H3,(H,15,18)(H,16,17,19)/t13-/m1/s1. The number of carbonyl (C=O) groups is 2. The highest BCUT2D eigenvalue weighted by Gasteiger charge is 2.47. The van der Waals surface area contributed by atoms with Crippen LogP contribution in [0.3, 0.4) is 0 Å². The van der Waals surface area contributed by atoms with Crippen LogP contribution < -0.4 is 15.4 Å². The first-order valence-corrected chi connectivity index (χ1v) is 7.06. The van der Waals surface area contributed by atoms with Crippen molar-refractivity contribution in [3.63, 3.8) is 0 Å². The van der Waals surface area contributed by atoms with Gasteiger partial charge in [0.2, 0.25) is 5.13 Å². The molecule has 1 aliphatic rings. The maximum Gasteiger partial charge on any atom is 0.280 e. The molecule has 1 aliphatic heterocycles. The molecule has 8 heteroatoms. The lowest BCUT2D eigenvalue weighted by Gasteiger charge is -2.33. The molecule has 0 radical (unpaired) electrons. The van der Waals surface area contributed by atoms with Crippen LogP contribution >= 0.6 is 11.3 Å². The summed E-state index contributed by atoms with van der Waals surface area (Å²) >= 11 is 1.16. The maximum absolute atomic E-state index is 12.3. The normalized spacial score (nSPS) is 20.2. The number of aromatic nitrogens is 2. The summed E-state index contributed by atoms with van der Waals surface area (Å²) in [5.74, 6) is -0.666. The molecule has 2 aromatic rings. The Morgan fingerprint density at radius 2 is 2.29 bits per heavy atom. The van der Waals surface area contributed by atoms with Crippen molar-refractivity contribution in [3.05, 3.63) is 29.3 Å². The maximum atomic E-state index is 12.3. The molecule has 2 heterocycles. The SMILES string of the molecule is Cc1ccc2c(c1)NC(=O)[C@](C)(C(=O)Nc1nncs1)O2. The quantitative estimate of drug-likeness (QED) is 0.822. The molecule has 7 nitrogen and oxygen atoms in total. The van der Waals surface area contributed by atoms with Gasteiger partial charge in [0.05, 0.1) is 5.69 Å². The molecule has 0 fully saturated rings. The lowest BCUT2D eigenvalue weighted by atomic mass is 10.0. The van der Waals surface area contributed by atoms with Gasteiger partial charge >= 0.3 is 0 Å². The minimum absolute atomic E-state index is 0.312. The van der Waals surface area contributed by atoms with E-state index in [9.17, 15) is 9.59 Å². The Bertz CT molecular complexity index is 716. The average molecular weight is 304 g/mol. The predicted molar refractivity (Wildman–Crippen MR) is 77.4 cm³/mol. The number of rotatable bonds is 2. The fourth-order valence-electron chi connectivity index (χ4n) is 1.93. The van der Waals surface area contributed by atoms with Crippen LogP contribution in [-0.2, 0) is 9.59 Å². The number of carbonyl (C=O) groups excluding carboxylic acids is 2. The largest absolute Gasteiger partial charge is 0.466 e. The molecule has 3 rings (SSSR count). The van der Waals surface area contributed by atoms with E-state index in [1.165, 1.54) is 12.4 Å². The topological polar surface area (TPSA) is 93.2 Å². The number of hydrogen-bond acceptors (Lipinski definition) is 6. The highest BCUT2D eigenvalue weighted by Crippen LogP contribution is 2.34. The van der Waals surface area contributed by atoms with Crippen molar-refractivity contribution in [2.24, 2.45) is 0 Å². The van der Waals surface area contributed by atoms with Crippen molar-refractivity contribution in [2.75, 3.05) is 10.6 Å². The molecule has 1 aromatic heterocycles. The van der Waals surface area contributed by atoms with Crippen LogP contribution in [0.25, 0.3) is 0 Å². The minimum atomic E-state index is -1.66. The Morgan fingerprint density at radius 1 is 1.48 bits per heavy atom. The van der Waals surface area contributed by atoms with Gasteiger partial charge in [-0.1, -0.05) is 17.4 Å². The van der Waals surface area contributed by atoms with Gasteiger partial charge in [0, 0.05) is 0 Å². The summed E-state index contributed by atoms with van der Waals surface area (Å²) in [7, 11) is 0. The molecular formula is C13H12N4O3S. The number of aryl methyl sites for hydroxylation is 1. The monoisotopic (exact) mass is 304 g/mol. The molecule has 0 spiro atoms. The van der Waals surface area contributed by atoms with Crippen LogP contribution in [-0.4, -0.2) is 27.6 Å². The molecule has 0 saturated heterocycles. The zero-order chi connectivity index (χ0) is 15.0. The number of ether oxygens (including phenoxy) is 1. The van der Waals surface area contributed by atoms with Crippen LogP contribution in [0.2, 0.25) is 0 Å². The number of anilines is 2. The first-order chi connectivity index (χ1) is 9.99. The van der Waals surface area contributed by atoms with Crippen LogP contribution in [0.5, 0.6) is 5.75 Å². The number of nitrogens with one attached hydrogen (secondary N) is 2. The summed E-state index contributed by atoms with van der Waals surface area (Å²) in [5.41, 5.74) is 1.37. The van der Waals surface area contributed by atoms with Gasteiger partial charge in [-0.2, -0.15) is 0 Å². The van der Waals surface area contributed by atoms with E-state index >= 15 is 0 Å². The second-order valence-electron chi connectivity index (χ2n) is 4.79. The number of hydrogen-bond donors (Lipinski definition) is 2. The first-order valence-electron chi connectivity index (χ1n) is 6.18. The zero-order valence-corrected chi connectivity index (χ0v) is 12.2. The van der Waals surface area contributed by atoms with E-state index in [0.29, 0.717) is 16.6 Å². The highest BCUT2D eigenvalue weighted by molar-refractivity contribution is 7.13. The van der Waals surface area contributed by atoms with E-state index in [0.717, 1.165) is 16.9 Å². The molecule has 1 aromatic carbocycles. The molecule has 2 N–H and O–H groups in total. The van der Waals surface area contributed by atoms with Crippen LogP contribution in [0, 0.1) is 6.92 Å². The van der Waals surface area contributed by atoms with Gasteiger partial charge in [-0.25, -0.2) is 0 Å². The summed E-state index contributed by atoms with van der Waals surface area (Å²) in [6.45, 7) is 3.32. The van der Waals surface area contributed by atoms with Gasteiger partial charge in [-0.05, 0) is 31.5 Å². The fourth-order valence-corrected chi connectivity index (χ4v) is 2.37. The second kappa shape index (κ2) is 4.81. The third kappa shape index (κ3) is 2.33. The Labute approximate surface area is 124 Å². The molecule has 1 atom stereocenters. The Hall–Kier alpha value is -2.48. The van der Waals surface area contributed by atoms with Crippen molar-refractivity contribution in [3.8, 4) is 5.75 Å². The van der Waals surface area contributed by atoms with E-state index < -0.39 is 17.4 Å². The predicted octanol–water partition coefficient (Wildman–Crippen LogP) is 1.57. The second-order valence-corrected chi connectivity index (χ2v) is 5.62. The van der Waals surface area contributed by atoms with Crippen molar-refractivity contribution < 1.29 is 14.3 Å². The minimum Gasteiger partial charge on any atom is -0.466 e. The first kappa shape index (κ1) is 13.5. The summed E-state index contributed by atoms with van der Waals surface area (Å²) in [4.78, 5) is 24.5. The summed E-state index contributed by atoms with van der Waals surface area (Å²) in [6.07, 6.45) is 0. The van der Waals surface area contributed by atoms with E-state index in [-0.39, 0.29) is 0 Å². The molecule has 108 valence electrons. The number of nitrogens with zero attached hydrogens (tertiary/aromatic N) is 2. The Morgan fingerprint density at radius 3 is 3.00 bits per heavy atom. The van der Waals surface area contributed by atoms with Crippen molar-refractivity contribution in [2.45, 2.75) is 19.4 Å².